The maximum absolute atomic E-state index is 10.0. The first kappa shape index (κ1) is 8.01. The first-order valence-corrected chi connectivity index (χ1v) is 2.87. The van der Waals surface area contributed by atoms with Gasteiger partial charge in [0.25, 0.3) is 0 Å². The van der Waals surface area contributed by atoms with Crippen LogP contribution in [0.4, 0.5) is 0 Å². The van der Waals surface area contributed by atoms with Gasteiger partial charge in [-0.05, 0) is 6.42 Å². The molecule has 0 aliphatic heterocycles. The lowest BCUT2D eigenvalue weighted by atomic mass is 10.3. The Bertz CT molecular complexity index is 129. The van der Waals surface area contributed by atoms with Crippen molar-refractivity contribution in [2.24, 2.45) is 5.73 Å². The summed E-state index contributed by atoms with van der Waals surface area (Å²) in [6, 6.07) is 0. The number of aliphatic carboxylic acids is 1. The summed E-state index contributed by atoms with van der Waals surface area (Å²) in [4.78, 5) is 10.0. The number of carbonyl (C=O) groups is 1. The molecule has 0 unspecified atom stereocenters. The van der Waals surface area contributed by atoms with Crippen LogP contribution in [0, 0.1) is 0 Å². The standard InChI is InChI=1S/C6H11NO2/c1-2-3-4-5(7)6(8)9/h4H,2-3,7H2,1H3,(H,8,9). The zero-order valence-electron chi connectivity index (χ0n) is 5.42. The molecule has 3 N–H and O–H groups in total. The Labute approximate surface area is 54.2 Å². The van der Waals surface area contributed by atoms with Gasteiger partial charge in [-0.15, -0.1) is 0 Å². The number of nitrogens with two attached hydrogens (primary N) is 1. The van der Waals surface area contributed by atoms with Crippen molar-refractivity contribution in [3.8, 4) is 0 Å². The van der Waals surface area contributed by atoms with Gasteiger partial charge in [-0.25, -0.2) is 4.79 Å². The average Bonchev–Trinajstić information content (AvgIpc) is 1.82. The Hall–Kier alpha value is -0.990. The minimum Gasteiger partial charge on any atom is -0.477 e. The van der Waals surface area contributed by atoms with Crippen LogP contribution in [-0.4, -0.2) is 11.1 Å². The predicted molar refractivity (Wildman–Crippen MR) is 34.8 cm³/mol. The normalized spacial score (nSPS) is 11.4. The molecular formula is C6H11NO2. The molecule has 52 valence electrons. The van der Waals surface area contributed by atoms with Crippen molar-refractivity contribution < 1.29 is 9.90 Å². The van der Waals surface area contributed by atoms with E-state index in [1.165, 1.54) is 6.08 Å². The number of unbranched alkanes of at least 4 members (excludes halogenated alkanes) is 1. The summed E-state index contributed by atoms with van der Waals surface area (Å²) < 4.78 is 0. The highest BCUT2D eigenvalue weighted by Crippen LogP contribution is 1.91. The summed E-state index contributed by atoms with van der Waals surface area (Å²) in [5.74, 6) is -1.04. The molecule has 3 heteroatoms. The second-order valence-electron chi connectivity index (χ2n) is 1.75. The van der Waals surface area contributed by atoms with Crippen LogP contribution in [0.5, 0.6) is 0 Å². The van der Waals surface area contributed by atoms with Crippen LogP contribution in [-0.2, 0) is 4.79 Å². The van der Waals surface area contributed by atoms with Crippen molar-refractivity contribution in [3.63, 3.8) is 0 Å². The topological polar surface area (TPSA) is 63.3 Å². The minimum absolute atomic E-state index is 0.0585. The summed E-state index contributed by atoms with van der Waals surface area (Å²) in [6.45, 7) is 1.96. The first-order valence-electron chi connectivity index (χ1n) is 2.87. The van der Waals surface area contributed by atoms with E-state index in [0.717, 1.165) is 12.8 Å². The van der Waals surface area contributed by atoms with E-state index in [4.69, 9.17) is 10.8 Å². The zero-order chi connectivity index (χ0) is 7.28. The number of hydrogen-bond acceptors (Lipinski definition) is 2. The number of carboxylic acids is 1. The third kappa shape index (κ3) is 3.58. The molecule has 0 atom stereocenters. The number of hydrogen-bond donors (Lipinski definition) is 2. The molecule has 0 aliphatic rings. The van der Waals surface area contributed by atoms with Crippen molar-refractivity contribution in [1.29, 1.82) is 0 Å². The molecule has 3 nitrogen and oxygen atoms in total. The molecule has 0 saturated heterocycles. The predicted octanol–water partition coefficient (Wildman–Crippen LogP) is 0.714. The summed E-state index contributed by atoms with van der Waals surface area (Å²) in [6.07, 6.45) is 3.18. The van der Waals surface area contributed by atoms with Crippen LogP contribution in [0.2, 0.25) is 0 Å². The van der Waals surface area contributed by atoms with E-state index < -0.39 is 5.97 Å². The third-order valence-corrected chi connectivity index (χ3v) is 0.900. The quantitative estimate of drug-likeness (QED) is 0.552. The van der Waals surface area contributed by atoms with Gasteiger partial charge in [0.15, 0.2) is 0 Å². The highest BCUT2D eigenvalue weighted by atomic mass is 16.4. The molecule has 0 heterocycles. The molecular weight excluding hydrogens is 118 g/mol. The van der Waals surface area contributed by atoms with Crippen molar-refractivity contribution in [2.45, 2.75) is 19.8 Å². The van der Waals surface area contributed by atoms with Gasteiger partial charge in [0, 0.05) is 0 Å². The SMILES string of the molecule is CCCC=C(N)C(=O)O. The van der Waals surface area contributed by atoms with E-state index in [9.17, 15) is 4.79 Å². The van der Waals surface area contributed by atoms with Gasteiger partial charge in [-0.2, -0.15) is 0 Å². The smallest absolute Gasteiger partial charge is 0.351 e. The molecule has 0 radical (unpaired) electrons. The van der Waals surface area contributed by atoms with Gasteiger partial charge >= 0.3 is 5.97 Å². The van der Waals surface area contributed by atoms with E-state index in [-0.39, 0.29) is 5.70 Å². The Morgan fingerprint density at radius 3 is 2.67 bits per heavy atom. The zero-order valence-corrected chi connectivity index (χ0v) is 5.42. The van der Waals surface area contributed by atoms with Gasteiger partial charge in [0.05, 0.1) is 0 Å². The van der Waals surface area contributed by atoms with Gasteiger partial charge in [-0.1, -0.05) is 19.4 Å². The van der Waals surface area contributed by atoms with Crippen molar-refractivity contribution >= 4 is 5.97 Å². The highest BCUT2D eigenvalue weighted by Gasteiger charge is 1.96. The molecule has 0 saturated carbocycles. The lowest BCUT2D eigenvalue weighted by molar-refractivity contribution is -0.132. The molecule has 0 aliphatic carbocycles. The van der Waals surface area contributed by atoms with E-state index in [2.05, 4.69) is 0 Å². The number of allylic oxidation sites excluding steroid dienone is 1. The molecule has 0 fully saturated rings. The summed E-state index contributed by atoms with van der Waals surface area (Å²) in [7, 11) is 0. The largest absolute Gasteiger partial charge is 0.477 e. The van der Waals surface area contributed by atoms with Gasteiger partial charge in [0.1, 0.15) is 5.70 Å². The molecule has 0 rings (SSSR count). The second-order valence-corrected chi connectivity index (χ2v) is 1.75. The lowest BCUT2D eigenvalue weighted by Gasteiger charge is -1.90. The van der Waals surface area contributed by atoms with Crippen molar-refractivity contribution in [3.05, 3.63) is 11.8 Å². The van der Waals surface area contributed by atoms with E-state index in [1.807, 2.05) is 6.92 Å². The molecule has 0 aromatic heterocycles. The van der Waals surface area contributed by atoms with E-state index in [1.54, 1.807) is 0 Å². The second kappa shape index (κ2) is 3.95. The van der Waals surface area contributed by atoms with Crippen molar-refractivity contribution in [1.82, 2.24) is 0 Å². The van der Waals surface area contributed by atoms with Crippen LogP contribution in [0.25, 0.3) is 0 Å². The Kier molecular flexibility index (Phi) is 3.51. The van der Waals surface area contributed by atoms with Crippen LogP contribution in [0.15, 0.2) is 11.8 Å². The van der Waals surface area contributed by atoms with Crippen LogP contribution >= 0.6 is 0 Å². The maximum Gasteiger partial charge on any atom is 0.351 e. The van der Waals surface area contributed by atoms with Crippen LogP contribution in [0.1, 0.15) is 19.8 Å². The molecule has 0 aromatic carbocycles. The van der Waals surface area contributed by atoms with Gasteiger partial charge in [-0.3, -0.25) is 0 Å². The Balaban J connectivity index is 3.69. The summed E-state index contributed by atoms with van der Waals surface area (Å²) in [5.41, 5.74) is 5.01. The third-order valence-electron chi connectivity index (χ3n) is 0.900. The molecule has 0 amide bonds. The Morgan fingerprint density at radius 1 is 1.78 bits per heavy atom. The summed E-state index contributed by atoms with van der Waals surface area (Å²) in [5, 5.41) is 8.22. The molecule has 0 aromatic rings. The maximum atomic E-state index is 10.0. The fourth-order valence-electron chi connectivity index (χ4n) is 0.387. The monoisotopic (exact) mass is 129 g/mol. The van der Waals surface area contributed by atoms with Crippen molar-refractivity contribution in [2.75, 3.05) is 0 Å². The van der Waals surface area contributed by atoms with Crippen LogP contribution < -0.4 is 5.73 Å². The molecule has 0 spiro atoms. The lowest BCUT2D eigenvalue weighted by Crippen LogP contribution is -2.09. The summed E-state index contributed by atoms with van der Waals surface area (Å²) >= 11 is 0. The first-order chi connectivity index (χ1) is 4.18. The number of carboxylic acid groups (broad SMARTS) is 1. The molecule has 0 bridgehead atoms. The highest BCUT2D eigenvalue weighted by molar-refractivity contribution is 5.85. The van der Waals surface area contributed by atoms with Gasteiger partial charge < -0.3 is 10.8 Å². The average molecular weight is 129 g/mol. The fraction of sp³-hybridized carbons (Fsp3) is 0.500. The van der Waals surface area contributed by atoms with E-state index in [0.29, 0.717) is 0 Å². The molecule has 9 heavy (non-hydrogen) atoms. The minimum atomic E-state index is -1.04. The van der Waals surface area contributed by atoms with E-state index >= 15 is 0 Å². The Morgan fingerprint density at radius 2 is 2.33 bits per heavy atom. The fourth-order valence-corrected chi connectivity index (χ4v) is 0.387. The van der Waals surface area contributed by atoms with Gasteiger partial charge in [0.2, 0.25) is 0 Å². The van der Waals surface area contributed by atoms with Crippen LogP contribution in [0.3, 0.4) is 0 Å². The number of rotatable bonds is 3.